The predicted octanol–water partition coefficient (Wildman–Crippen LogP) is 7.02. The van der Waals surface area contributed by atoms with E-state index in [1.165, 1.54) is 48.8 Å². The molecule has 0 saturated heterocycles. The van der Waals surface area contributed by atoms with Gasteiger partial charge in [0.05, 0.1) is 5.69 Å². The fraction of sp³-hybridized carbons (Fsp3) is 0.375. The zero-order valence-corrected chi connectivity index (χ0v) is 15.6. The van der Waals surface area contributed by atoms with Crippen LogP contribution in [0.2, 0.25) is 0 Å². The van der Waals surface area contributed by atoms with Crippen LogP contribution in [0.25, 0.3) is 16.8 Å². The van der Waals surface area contributed by atoms with Crippen LogP contribution in [0.4, 0.5) is 0 Å². The van der Waals surface area contributed by atoms with Crippen LogP contribution in [0, 0.1) is 5.92 Å². The normalized spacial score (nSPS) is 20.2. The Kier molecular flexibility index (Phi) is 5.53. The number of benzene rings is 1. The average Bonchev–Trinajstić information content (AvgIpc) is 2.62. The van der Waals surface area contributed by atoms with Crippen LogP contribution in [-0.2, 0) is 0 Å². The summed E-state index contributed by atoms with van der Waals surface area (Å²) in [5, 5.41) is 0. The van der Waals surface area contributed by atoms with Gasteiger partial charge < -0.3 is 0 Å². The minimum atomic E-state index is 0.717. The summed E-state index contributed by atoms with van der Waals surface area (Å²) in [6.45, 7) is 12.2. The number of allylic oxidation sites excluding steroid dienone is 2. The molecule has 25 heavy (non-hydrogen) atoms. The van der Waals surface area contributed by atoms with Crippen molar-refractivity contribution in [2.24, 2.45) is 5.92 Å². The standard InChI is InChI=1S/C24H29N/c1-17(2)15-19-5-7-20(8-6-19)21-9-11-22(12-10-21)24-14-13-23(16-25-24)18(3)4/h9-14,16,19-20H,1,3,5-8,15H2,2,4H3. The Morgan fingerprint density at radius 2 is 1.64 bits per heavy atom. The molecule has 2 aromatic rings. The molecule has 1 aliphatic carbocycles. The Bertz CT molecular complexity index is 729. The van der Waals surface area contributed by atoms with Crippen molar-refractivity contribution in [2.45, 2.75) is 51.9 Å². The van der Waals surface area contributed by atoms with Gasteiger partial charge >= 0.3 is 0 Å². The van der Waals surface area contributed by atoms with Crippen molar-refractivity contribution in [3.05, 3.63) is 72.5 Å². The van der Waals surface area contributed by atoms with Crippen LogP contribution < -0.4 is 0 Å². The molecule has 1 heterocycles. The molecule has 130 valence electrons. The molecule has 0 aliphatic heterocycles. The van der Waals surface area contributed by atoms with E-state index in [1.54, 1.807) is 0 Å². The Morgan fingerprint density at radius 3 is 2.16 bits per heavy atom. The second-order valence-corrected chi connectivity index (χ2v) is 7.71. The summed E-state index contributed by atoms with van der Waals surface area (Å²) in [5.41, 5.74) is 7.19. The molecule has 1 saturated carbocycles. The molecule has 1 fully saturated rings. The highest BCUT2D eigenvalue weighted by Crippen LogP contribution is 2.38. The van der Waals surface area contributed by atoms with Gasteiger partial charge in [0, 0.05) is 11.8 Å². The largest absolute Gasteiger partial charge is 0.256 e. The van der Waals surface area contributed by atoms with Crippen molar-refractivity contribution in [3.8, 4) is 11.3 Å². The molecule has 1 nitrogen and oxygen atoms in total. The zero-order valence-electron chi connectivity index (χ0n) is 15.6. The SMILES string of the molecule is C=C(C)CC1CCC(c2ccc(-c3ccc(C(=C)C)cn3)cc2)CC1. The van der Waals surface area contributed by atoms with Gasteiger partial charge in [0.25, 0.3) is 0 Å². The Balaban J connectivity index is 1.64. The highest BCUT2D eigenvalue weighted by molar-refractivity contribution is 5.65. The van der Waals surface area contributed by atoms with Crippen molar-refractivity contribution in [1.82, 2.24) is 4.98 Å². The molecule has 1 aromatic heterocycles. The monoisotopic (exact) mass is 331 g/mol. The number of nitrogens with zero attached hydrogens (tertiary/aromatic N) is 1. The molecule has 0 amide bonds. The van der Waals surface area contributed by atoms with E-state index in [9.17, 15) is 0 Å². The Morgan fingerprint density at radius 1 is 0.960 bits per heavy atom. The first-order valence-corrected chi connectivity index (χ1v) is 9.39. The molecule has 0 N–H and O–H groups in total. The van der Waals surface area contributed by atoms with Gasteiger partial charge in [-0.05, 0) is 80.6 Å². The summed E-state index contributed by atoms with van der Waals surface area (Å²) in [6.07, 6.45) is 8.41. The summed E-state index contributed by atoms with van der Waals surface area (Å²) in [5.74, 6) is 1.57. The molecular weight excluding hydrogens is 302 g/mol. The minimum Gasteiger partial charge on any atom is -0.256 e. The third-order valence-corrected chi connectivity index (χ3v) is 5.42. The summed E-state index contributed by atoms with van der Waals surface area (Å²) in [6, 6.07) is 13.2. The maximum Gasteiger partial charge on any atom is 0.0702 e. The highest BCUT2D eigenvalue weighted by Gasteiger charge is 2.22. The van der Waals surface area contributed by atoms with Crippen LogP contribution >= 0.6 is 0 Å². The molecule has 0 atom stereocenters. The number of pyridine rings is 1. The lowest BCUT2D eigenvalue weighted by molar-refractivity contribution is 0.324. The molecule has 0 unspecified atom stereocenters. The Labute approximate surface area is 152 Å². The summed E-state index contributed by atoms with van der Waals surface area (Å²) < 4.78 is 0. The topological polar surface area (TPSA) is 12.9 Å². The summed E-state index contributed by atoms with van der Waals surface area (Å²) >= 11 is 0. The zero-order chi connectivity index (χ0) is 17.8. The van der Waals surface area contributed by atoms with Crippen molar-refractivity contribution >= 4 is 5.57 Å². The molecule has 0 radical (unpaired) electrons. The third kappa shape index (κ3) is 4.48. The summed E-state index contributed by atoms with van der Waals surface area (Å²) in [7, 11) is 0. The number of rotatable bonds is 5. The van der Waals surface area contributed by atoms with E-state index in [0.29, 0.717) is 5.92 Å². The molecule has 1 aliphatic rings. The smallest absolute Gasteiger partial charge is 0.0702 e. The van der Waals surface area contributed by atoms with Crippen LogP contribution in [0.3, 0.4) is 0 Å². The van der Waals surface area contributed by atoms with Crippen molar-refractivity contribution < 1.29 is 0 Å². The van der Waals surface area contributed by atoms with E-state index < -0.39 is 0 Å². The van der Waals surface area contributed by atoms with Gasteiger partial charge in [-0.15, -0.1) is 6.58 Å². The fourth-order valence-electron chi connectivity index (χ4n) is 3.94. The quantitative estimate of drug-likeness (QED) is 0.536. The van der Waals surface area contributed by atoms with Crippen LogP contribution in [0.5, 0.6) is 0 Å². The maximum atomic E-state index is 4.58. The lowest BCUT2D eigenvalue weighted by atomic mass is 9.77. The predicted molar refractivity (Wildman–Crippen MR) is 109 cm³/mol. The van der Waals surface area contributed by atoms with E-state index in [0.717, 1.165) is 22.7 Å². The van der Waals surface area contributed by atoms with Crippen molar-refractivity contribution in [3.63, 3.8) is 0 Å². The van der Waals surface area contributed by atoms with Crippen molar-refractivity contribution in [2.75, 3.05) is 0 Å². The van der Waals surface area contributed by atoms with E-state index >= 15 is 0 Å². The second-order valence-electron chi connectivity index (χ2n) is 7.71. The van der Waals surface area contributed by atoms with Gasteiger partial charge in [-0.2, -0.15) is 0 Å². The van der Waals surface area contributed by atoms with Crippen LogP contribution in [0.15, 0.2) is 61.3 Å². The van der Waals surface area contributed by atoms with E-state index in [4.69, 9.17) is 0 Å². The molecule has 1 heteroatoms. The molecule has 0 spiro atoms. The van der Waals surface area contributed by atoms with E-state index in [2.05, 4.69) is 61.5 Å². The number of hydrogen-bond acceptors (Lipinski definition) is 1. The first-order valence-electron chi connectivity index (χ1n) is 9.39. The Hall–Kier alpha value is -2.15. The minimum absolute atomic E-state index is 0.717. The van der Waals surface area contributed by atoms with Crippen LogP contribution in [-0.4, -0.2) is 4.98 Å². The van der Waals surface area contributed by atoms with Gasteiger partial charge in [-0.25, -0.2) is 0 Å². The first kappa shape index (κ1) is 17.7. The van der Waals surface area contributed by atoms with Gasteiger partial charge in [0.1, 0.15) is 0 Å². The highest BCUT2D eigenvalue weighted by atomic mass is 14.7. The van der Waals surface area contributed by atoms with Gasteiger partial charge in [-0.1, -0.05) is 42.5 Å². The number of hydrogen-bond donors (Lipinski definition) is 0. The van der Waals surface area contributed by atoms with Gasteiger partial charge in [0.15, 0.2) is 0 Å². The molecule has 3 rings (SSSR count). The van der Waals surface area contributed by atoms with Gasteiger partial charge in [0.2, 0.25) is 0 Å². The third-order valence-electron chi connectivity index (χ3n) is 5.42. The van der Waals surface area contributed by atoms with E-state index in [1.807, 2.05) is 13.1 Å². The van der Waals surface area contributed by atoms with Gasteiger partial charge in [-0.3, -0.25) is 4.98 Å². The lowest BCUT2D eigenvalue weighted by Crippen LogP contribution is -2.13. The molecular formula is C24H29N. The average molecular weight is 332 g/mol. The maximum absolute atomic E-state index is 4.58. The second kappa shape index (κ2) is 7.82. The lowest BCUT2D eigenvalue weighted by Gasteiger charge is -2.29. The summed E-state index contributed by atoms with van der Waals surface area (Å²) in [4.78, 5) is 4.58. The fourth-order valence-corrected chi connectivity index (χ4v) is 3.94. The van der Waals surface area contributed by atoms with Crippen molar-refractivity contribution in [1.29, 1.82) is 0 Å². The molecule has 1 aromatic carbocycles. The van der Waals surface area contributed by atoms with Crippen LogP contribution in [0.1, 0.15) is 63.0 Å². The first-order chi connectivity index (χ1) is 12.0. The number of aromatic nitrogens is 1. The van der Waals surface area contributed by atoms with E-state index in [-0.39, 0.29) is 0 Å². The molecule has 0 bridgehead atoms.